The number of hydrogen-bond acceptors (Lipinski definition) is 2. The number of hydrazine groups is 1. The van der Waals surface area contributed by atoms with E-state index in [9.17, 15) is 13.2 Å². The van der Waals surface area contributed by atoms with E-state index in [0.717, 1.165) is 6.07 Å². The Morgan fingerprint density at radius 3 is 2.42 bits per heavy atom. The summed E-state index contributed by atoms with van der Waals surface area (Å²) in [5.74, 6) is 3.11. The molecule has 0 aromatic heterocycles. The van der Waals surface area contributed by atoms with Crippen LogP contribution in [0.1, 0.15) is 17.2 Å². The lowest BCUT2D eigenvalue weighted by Crippen LogP contribution is -2.30. The quantitative estimate of drug-likeness (QED) is 0.671. The van der Waals surface area contributed by atoms with E-state index in [1.807, 2.05) is 0 Å². The van der Waals surface area contributed by atoms with E-state index in [1.54, 1.807) is 0 Å². The molecule has 0 saturated carbocycles. The monoisotopic (exact) mass is 286 g/mol. The molecule has 2 aromatic rings. The van der Waals surface area contributed by atoms with Crippen LogP contribution in [0.3, 0.4) is 0 Å². The summed E-state index contributed by atoms with van der Waals surface area (Å²) >= 11 is 5.67. The average molecular weight is 287 g/mol. The summed E-state index contributed by atoms with van der Waals surface area (Å²) in [7, 11) is 0. The Bertz CT molecular complexity index is 604. The molecule has 0 heterocycles. The van der Waals surface area contributed by atoms with Crippen LogP contribution in [0.5, 0.6) is 0 Å². The Balaban J connectivity index is 2.53. The summed E-state index contributed by atoms with van der Waals surface area (Å²) in [6.07, 6.45) is 0. The first-order chi connectivity index (χ1) is 9.04. The SMILES string of the molecule is NNC(c1ccc(F)cc1F)c1cccc(Cl)c1F. The third kappa shape index (κ3) is 2.73. The molecule has 0 aliphatic heterocycles. The third-order valence-corrected chi connectivity index (χ3v) is 3.02. The molecule has 6 heteroatoms. The summed E-state index contributed by atoms with van der Waals surface area (Å²) in [5, 5.41) is -0.0970. The van der Waals surface area contributed by atoms with Crippen LogP contribution in [0, 0.1) is 17.5 Å². The van der Waals surface area contributed by atoms with Crippen molar-refractivity contribution < 1.29 is 13.2 Å². The third-order valence-electron chi connectivity index (χ3n) is 2.73. The van der Waals surface area contributed by atoms with Gasteiger partial charge >= 0.3 is 0 Å². The molecule has 2 rings (SSSR count). The molecule has 0 aliphatic carbocycles. The molecule has 2 aromatic carbocycles. The van der Waals surface area contributed by atoms with E-state index < -0.39 is 23.5 Å². The average Bonchev–Trinajstić information content (AvgIpc) is 2.37. The molecule has 1 atom stereocenters. The number of nitrogens with one attached hydrogen (secondary N) is 1. The molecule has 100 valence electrons. The molecular weight excluding hydrogens is 277 g/mol. The Morgan fingerprint density at radius 2 is 1.79 bits per heavy atom. The number of benzene rings is 2. The van der Waals surface area contributed by atoms with Crippen molar-refractivity contribution in [1.29, 1.82) is 0 Å². The van der Waals surface area contributed by atoms with Crippen LogP contribution in [-0.2, 0) is 0 Å². The number of nitrogens with two attached hydrogens (primary N) is 1. The van der Waals surface area contributed by atoms with Gasteiger partial charge in [-0.25, -0.2) is 18.6 Å². The topological polar surface area (TPSA) is 38.0 Å². The number of hydrogen-bond donors (Lipinski definition) is 2. The zero-order valence-electron chi connectivity index (χ0n) is 9.63. The van der Waals surface area contributed by atoms with Crippen LogP contribution in [0.2, 0.25) is 5.02 Å². The highest BCUT2D eigenvalue weighted by Crippen LogP contribution is 2.29. The standard InChI is InChI=1S/C13H10ClF3N2/c14-10-3-1-2-9(12(10)17)13(19-18)8-5-4-7(15)6-11(8)16/h1-6,13,19H,18H2. The van der Waals surface area contributed by atoms with E-state index in [0.29, 0.717) is 6.07 Å². The molecule has 0 amide bonds. The lowest BCUT2D eigenvalue weighted by Gasteiger charge is -2.18. The molecule has 0 spiro atoms. The smallest absolute Gasteiger partial charge is 0.146 e. The zero-order valence-corrected chi connectivity index (χ0v) is 10.4. The lowest BCUT2D eigenvalue weighted by atomic mass is 9.98. The lowest BCUT2D eigenvalue weighted by molar-refractivity contribution is 0.522. The Hall–Kier alpha value is -1.56. The largest absolute Gasteiger partial charge is 0.271 e. The Kier molecular flexibility index (Phi) is 4.09. The van der Waals surface area contributed by atoms with Gasteiger partial charge < -0.3 is 0 Å². The minimum Gasteiger partial charge on any atom is -0.271 e. The predicted octanol–water partition coefficient (Wildman–Crippen LogP) is 3.31. The van der Waals surface area contributed by atoms with Gasteiger partial charge in [-0.05, 0) is 12.1 Å². The minimum atomic E-state index is -0.959. The van der Waals surface area contributed by atoms with Gasteiger partial charge in [-0.1, -0.05) is 29.8 Å². The maximum atomic E-state index is 13.9. The molecule has 2 nitrogen and oxygen atoms in total. The van der Waals surface area contributed by atoms with Gasteiger partial charge in [-0.15, -0.1) is 0 Å². The highest BCUT2D eigenvalue weighted by molar-refractivity contribution is 6.30. The Labute approximate surface area is 113 Å². The molecule has 0 saturated heterocycles. The zero-order chi connectivity index (χ0) is 14.0. The van der Waals surface area contributed by atoms with Crippen molar-refractivity contribution in [2.24, 2.45) is 5.84 Å². The molecule has 1 unspecified atom stereocenters. The van der Waals surface area contributed by atoms with E-state index in [2.05, 4.69) is 5.43 Å². The van der Waals surface area contributed by atoms with Crippen molar-refractivity contribution in [3.05, 3.63) is 70.0 Å². The highest BCUT2D eigenvalue weighted by Gasteiger charge is 2.21. The summed E-state index contributed by atoms with van der Waals surface area (Å²) in [6, 6.07) is 6.35. The van der Waals surface area contributed by atoms with Crippen LogP contribution in [0.25, 0.3) is 0 Å². The van der Waals surface area contributed by atoms with Gasteiger partial charge in [0.25, 0.3) is 0 Å². The maximum absolute atomic E-state index is 13.9. The summed E-state index contributed by atoms with van der Waals surface area (Å²) in [4.78, 5) is 0. The fourth-order valence-electron chi connectivity index (χ4n) is 1.83. The second-order valence-corrected chi connectivity index (χ2v) is 4.32. The van der Waals surface area contributed by atoms with E-state index in [4.69, 9.17) is 17.4 Å². The van der Waals surface area contributed by atoms with Gasteiger partial charge in [-0.3, -0.25) is 5.84 Å². The first kappa shape index (κ1) is 13.9. The Morgan fingerprint density at radius 1 is 1.05 bits per heavy atom. The van der Waals surface area contributed by atoms with Crippen molar-refractivity contribution in [1.82, 2.24) is 5.43 Å². The normalized spacial score (nSPS) is 12.5. The van der Waals surface area contributed by atoms with Crippen LogP contribution in [-0.4, -0.2) is 0 Å². The van der Waals surface area contributed by atoms with Crippen molar-refractivity contribution >= 4 is 11.6 Å². The van der Waals surface area contributed by atoms with Crippen LogP contribution >= 0.6 is 11.6 Å². The van der Waals surface area contributed by atoms with Gasteiger partial charge in [0.15, 0.2) is 0 Å². The van der Waals surface area contributed by atoms with Gasteiger partial charge in [-0.2, -0.15) is 0 Å². The second-order valence-electron chi connectivity index (χ2n) is 3.91. The van der Waals surface area contributed by atoms with Crippen molar-refractivity contribution in [3.8, 4) is 0 Å². The minimum absolute atomic E-state index is 0.0325. The van der Waals surface area contributed by atoms with Crippen LogP contribution in [0.4, 0.5) is 13.2 Å². The molecule has 0 bridgehead atoms. The van der Waals surface area contributed by atoms with Crippen molar-refractivity contribution in [2.75, 3.05) is 0 Å². The van der Waals surface area contributed by atoms with Crippen molar-refractivity contribution in [2.45, 2.75) is 6.04 Å². The fourth-order valence-corrected chi connectivity index (χ4v) is 2.01. The second kappa shape index (κ2) is 5.61. The highest BCUT2D eigenvalue weighted by atomic mass is 35.5. The van der Waals surface area contributed by atoms with Crippen LogP contribution < -0.4 is 11.3 Å². The maximum Gasteiger partial charge on any atom is 0.146 e. The summed E-state index contributed by atoms with van der Waals surface area (Å²) < 4.78 is 40.5. The van der Waals surface area contributed by atoms with E-state index in [1.165, 1.54) is 24.3 Å². The first-order valence-corrected chi connectivity index (χ1v) is 5.77. The van der Waals surface area contributed by atoms with Gasteiger partial charge in [0.05, 0.1) is 11.1 Å². The number of rotatable bonds is 3. The van der Waals surface area contributed by atoms with Crippen molar-refractivity contribution in [3.63, 3.8) is 0 Å². The molecule has 3 N–H and O–H groups in total. The van der Waals surface area contributed by atoms with E-state index in [-0.39, 0.29) is 16.1 Å². The molecule has 0 aliphatic rings. The molecule has 0 radical (unpaired) electrons. The van der Waals surface area contributed by atoms with Gasteiger partial charge in [0.1, 0.15) is 17.5 Å². The molecule has 19 heavy (non-hydrogen) atoms. The van der Waals surface area contributed by atoms with E-state index >= 15 is 0 Å². The first-order valence-electron chi connectivity index (χ1n) is 5.39. The summed E-state index contributed by atoms with van der Waals surface area (Å²) in [6.45, 7) is 0. The van der Waals surface area contributed by atoms with Gasteiger partial charge in [0.2, 0.25) is 0 Å². The van der Waals surface area contributed by atoms with Crippen LogP contribution in [0.15, 0.2) is 36.4 Å². The predicted molar refractivity (Wildman–Crippen MR) is 66.9 cm³/mol. The summed E-state index contributed by atoms with van der Waals surface area (Å²) in [5.41, 5.74) is 2.42. The van der Waals surface area contributed by atoms with Gasteiger partial charge in [0, 0.05) is 17.2 Å². The number of halogens is 4. The molecule has 0 fully saturated rings. The molecular formula is C13H10ClF3N2. The fraction of sp³-hybridized carbons (Fsp3) is 0.0769.